The Balaban J connectivity index is 0.00000937. The maximum atomic E-state index is 14.9. The molecule has 1 aliphatic carbocycles. The number of nitrogens with zero attached hydrogens (tertiary/aromatic N) is 2. The Kier molecular flexibility index (Phi) is 19.6. The number of aryl methyl sites for hydroxylation is 2. The molecule has 2 atom stereocenters. The Hall–Kier alpha value is -6.04. The van der Waals surface area contributed by atoms with Crippen LogP contribution in [0.3, 0.4) is 0 Å². The molecule has 0 radical (unpaired) electrons. The number of fused-ring (bicyclic) bond motifs is 4. The van der Waals surface area contributed by atoms with Crippen molar-refractivity contribution in [3.8, 4) is 11.1 Å². The number of anilines is 1. The number of halogens is 1. The first-order valence-corrected chi connectivity index (χ1v) is 24.4. The summed E-state index contributed by atoms with van der Waals surface area (Å²) in [5, 5.41) is 15.1. The van der Waals surface area contributed by atoms with Crippen LogP contribution in [0, 0.1) is 19.7 Å². The Morgan fingerprint density at radius 3 is 2.50 bits per heavy atom. The lowest BCUT2D eigenvalue weighted by atomic mass is 9.93. The van der Waals surface area contributed by atoms with E-state index in [-0.39, 0.29) is 68.0 Å². The number of carbonyl (C=O) groups is 5. The number of ketones is 1. The number of amides is 4. The second-order valence-corrected chi connectivity index (χ2v) is 17.7. The number of aromatic nitrogens is 1. The number of aliphatic hydroxyl groups excluding tert-OH is 1. The van der Waals surface area contributed by atoms with E-state index < -0.39 is 23.7 Å². The standard InChI is InChI=1S/C54H68FN5O10.H2/c1-7-59(8-2)24-22-57-52(64)50-35(4)46(58-36(50)5)32-44-43-31-38(55)17-19-47(43)60(53(44)65)54(66)70-33-45-39-12-9-13-41(48(62)14-10-28-69-34(3)21-25-61)51(39)40-18-15-37(30-42(40)45)16-20-49(63)56-23-29-68-27-11-26-67-6;/h9,12-13,15,17-19,30-32,34,45,58,61H,7-8,10-11,14,16,20-29,33H2,1-6H3,(H,56,63)(H,57,64);1H/b44-32-;. The number of methoxy groups -OCH3 is 1. The van der Waals surface area contributed by atoms with E-state index in [0.717, 1.165) is 52.2 Å². The molecule has 16 heteroatoms. The monoisotopic (exact) mass is 968 g/mol. The molecule has 2 heterocycles. The summed E-state index contributed by atoms with van der Waals surface area (Å²) in [5.74, 6) is -2.35. The van der Waals surface area contributed by atoms with Gasteiger partial charge in [-0.25, -0.2) is 14.1 Å². The van der Waals surface area contributed by atoms with Gasteiger partial charge in [-0.05, 0) is 117 Å². The topological polar surface area (TPSA) is 189 Å². The SMILES string of the molecule is CCN(CC)CCNC(=O)c1c(C)[nH]c(/C=C2\C(=O)N(C(=O)OCC3c4cc(CCC(=O)NCCOCCCOC)ccc4-c4c(C(=O)CCCOC(C)CCO)cccc43)c3ccc(F)cc32)c1C.[HH]. The van der Waals surface area contributed by atoms with Gasteiger partial charge in [0.05, 0.1) is 29.5 Å². The van der Waals surface area contributed by atoms with Crippen LogP contribution < -0.4 is 15.5 Å². The molecule has 0 bridgehead atoms. The van der Waals surface area contributed by atoms with Crippen molar-refractivity contribution in [3.05, 3.63) is 111 Å². The lowest BCUT2D eigenvalue weighted by Gasteiger charge is -2.19. The molecule has 0 fully saturated rings. The molecule has 0 spiro atoms. The summed E-state index contributed by atoms with van der Waals surface area (Å²) in [7, 11) is 1.63. The van der Waals surface area contributed by atoms with Crippen LogP contribution in [0.2, 0.25) is 0 Å². The van der Waals surface area contributed by atoms with E-state index in [0.29, 0.717) is 93.4 Å². The van der Waals surface area contributed by atoms with Crippen LogP contribution in [-0.2, 0) is 35.0 Å². The molecule has 378 valence electrons. The van der Waals surface area contributed by atoms with Crippen LogP contribution in [0.1, 0.15) is 120 Å². The molecular weight excluding hydrogens is 898 g/mol. The average molecular weight is 968 g/mol. The van der Waals surface area contributed by atoms with Gasteiger partial charge < -0.3 is 44.6 Å². The zero-order chi connectivity index (χ0) is 50.3. The molecule has 0 saturated carbocycles. The number of hydrogen-bond donors (Lipinski definition) is 4. The molecule has 15 nitrogen and oxygen atoms in total. The minimum atomic E-state index is -0.970. The van der Waals surface area contributed by atoms with Gasteiger partial charge in [-0.1, -0.05) is 50.2 Å². The molecule has 3 aromatic carbocycles. The summed E-state index contributed by atoms with van der Waals surface area (Å²) in [6, 6.07) is 15.1. The highest BCUT2D eigenvalue weighted by molar-refractivity contribution is 6.41. The number of benzene rings is 3. The van der Waals surface area contributed by atoms with Crippen molar-refractivity contribution < 1.29 is 53.8 Å². The third kappa shape index (κ3) is 13.0. The third-order valence-corrected chi connectivity index (χ3v) is 12.9. The van der Waals surface area contributed by atoms with Crippen molar-refractivity contribution in [2.75, 3.05) is 84.4 Å². The molecule has 4 N–H and O–H groups in total. The van der Waals surface area contributed by atoms with Gasteiger partial charge in [0.25, 0.3) is 11.8 Å². The number of nitrogens with one attached hydrogen (secondary N) is 3. The molecule has 2 aliphatic rings. The number of Topliss-reactive ketones (excluding diaryl/α,β-unsaturated/α-hetero) is 1. The predicted molar refractivity (Wildman–Crippen MR) is 269 cm³/mol. The molecule has 4 aromatic rings. The van der Waals surface area contributed by atoms with Crippen LogP contribution in [0.15, 0.2) is 54.6 Å². The van der Waals surface area contributed by atoms with E-state index >= 15 is 0 Å². The summed E-state index contributed by atoms with van der Waals surface area (Å²) < 4.78 is 37.3. The molecular formula is C54H70FN5O10. The first-order valence-electron chi connectivity index (χ1n) is 24.4. The van der Waals surface area contributed by atoms with E-state index in [1.807, 2.05) is 31.2 Å². The number of ether oxygens (including phenoxy) is 4. The average Bonchev–Trinajstić information content (AvgIpc) is 3.93. The number of imide groups is 1. The Bertz CT molecular complexity index is 2540. The Morgan fingerprint density at radius 2 is 1.74 bits per heavy atom. The van der Waals surface area contributed by atoms with Crippen molar-refractivity contribution in [1.29, 1.82) is 0 Å². The quantitative estimate of drug-likeness (QED) is 0.0260. The molecule has 2 unspecified atom stereocenters. The lowest BCUT2D eigenvalue weighted by Crippen LogP contribution is -2.35. The van der Waals surface area contributed by atoms with Gasteiger partial charge >= 0.3 is 6.09 Å². The minimum Gasteiger partial charge on any atom is -0.448 e. The highest BCUT2D eigenvalue weighted by Crippen LogP contribution is 2.48. The second-order valence-electron chi connectivity index (χ2n) is 17.7. The second kappa shape index (κ2) is 25.7. The van der Waals surface area contributed by atoms with Crippen LogP contribution in [0.4, 0.5) is 14.9 Å². The summed E-state index contributed by atoms with van der Waals surface area (Å²) >= 11 is 0. The third-order valence-electron chi connectivity index (χ3n) is 12.9. The lowest BCUT2D eigenvalue weighted by molar-refractivity contribution is -0.121. The van der Waals surface area contributed by atoms with Gasteiger partial charge in [-0.3, -0.25) is 19.2 Å². The van der Waals surface area contributed by atoms with Crippen LogP contribution in [0.25, 0.3) is 22.8 Å². The van der Waals surface area contributed by atoms with Gasteiger partial charge in [-0.15, -0.1) is 0 Å². The molecule has 70 heavy (non-hydrogen) atoms. The molecule has 4 amide bonds. The highest BCUT2D eigenvalue weighted by atomic mass is 19.1. The van der Waals surface area contributed by atoms with Crippen LogP contribution in [0.5, 0.6) is 0 Å². The van der Waals surface area contributed by atoms with E-state index in [2.05, 4.69) is 34.4 Å². The fourth-order valence-electron chi connectivity index (χ4n) is 9.12. The zero-order valence-corrected chi connectivity index (χ0v) is 41.3. The molecule has 1 aliphatic heterocycles. The number of likely N-dealkylation sites (N-methyl/N-ethyl adjacent to an activating group) is 1. The van der Waals surface area contributed by atoms with Crippen molar-refractivity contribution in [2.45, 2.75) is 85.2 Å². The van der Waals surface area contributed by atoms with Gasteiger partial charge in [0.1, 0.15) is 12.4 Å². The van der Waals surface area contributed by atoms with Crippen LogP contribution in [-0.4, -0.2) is 130 Å². The number of aliphatic hydroxyl groups is 1. The van der Waals surface area contributed by atoms with E-state index in [1.54, 1.807) is 33.1 Å². The smallest absolute Gasteiger partial charge is 0.421 e. The fourth-order valence-corrected chi connectivity index (χ4v) is 9.12. The molecule has 0 saturated heterocycles. The Labute approximate surface area is 411 Å². The normalized spacial score (nSPS) is 14.8. The van der Waals surface area contributed by atoms with Crippen molar-refractivity contribution >= 4 is 46.9 Å². The summed E-state index contributed by atoms with van der Waals surface area (Å²) in [4.78, 5) is 75.1. The van der Waals surface area contributed by atoms with E-state index in [4.69, 9.17) is 18.9 Å². The number of rotatable bonds is 27. The maximum absolute atomic E-state index is 14.9. The Morgan fingerprint density at radius 1 is 0.943 bits per heavy atom. The fraction of sp³-hybridized carbons (Fsp3) is 0.463. The number of carbonyl (C=O) groups excluding carboxylic acids is 5. The van der Waals surface area contributed by atoms with Crippen molar-refractivity contribution in [3.63, 3.8) is 0 Å². The number of hydrogen-bond acceptors (Lipinski definition) is 11. The first-order chi connectivity index (χ1) is 33.8. The largest absolute Gasteiger partial charge is 0.448 e. The van der Waals surface area contributed by atoms with E-state index in [9.17, 15) is 33.5 Å². The van der Waals surface area contributed by atoms with Gasteiger partial charge in [0, 0.05) is 95.9 Å². The predicted octanol–water partition coefficient (Wildman–Crippen LogP) is 7.78. The molecule has 1 aromatic heterocycles. The van der Waals surface area contributed by atoms with Gasteiger partial charge in [0.15, 0.2) is 5.78 Å². The summed E-state index contributed by atoms with van der Waals surface area (Å²) in [5.41, 5.74) is 6.93. The highest BCUT2D eigenvalue weighted by Gasteiger charge is 2.40. The number of aromatic amines is 1. The molecule has 6 rings (SSSR count). The van der Waals surface area contributed by atoms with E-state index in [1.165, 1.54) is 24.3 Å². The zero-order valence-electron chi connectivity index (χ0n) is 41.3. The van der Waals surface area contributed by atoms with Gasteiger partial charge in [0.2, 0.25) is 5.91 Å². The first kappa shape index (κ1) is 53.3. The van der Waals surface area contributed by atoms with Crippen LogP contribution >= 0.6 is 0 Å². The van der Waals surface area contributed by atoms with Crippen molar-refractivity contribution in [2.24, 2.45) is 0 Å². The van der Waals surface area contributed by atoms with Gasteiger partial charge in [-0.2, -0.15) is 0 Å². The summed E-state index contributed by atoms with van der Waals surface area (Å²) in [6.07, 6.45) is 3.04. The number of H-pyrrole nitrogens is 1. The van der Waals surface area contributed by atoms with Crippen molar-refractivity contribution in [1.82, 2.24) is 20.5 Å². The minimum absolute atomic E-state index is 0. The maximum Gasteiger partial charge on any atom is 0.421 e. The summed E-state index contributed by atoms with van der Waals surface area (Å²) in [6.45, 7) is 14.5.